The molecule has 4 rings (SSSR count). The van der Waals surface area contributed by atoms with Crippen LogP contribution in [0.3, 0.4) is 0 Å². The number of amides is 1. The van der Waals surface area contributed by atoms with Crippen molar-refractivity contribution in [3.05, 3.63) is 68.6 Å². The van der Waals surface area contributed by atoms with E-state index in [2.05, 4.69) is 64.5 Å². The largest absolute Gasteiger partial charge is 0.298 e. The summed E-state index contributed by atoms with van der Waals surface area (Å²) in [6, 6.07) is 14.2. The van der Waals surface area contributed by atoms with Gasteiger partial charge in [-0.25, -0.2) is 5.01 Å². The first-order valence-electron chi connectivity index (χ1n) is 8.68. The highest BCUT2D eigenvalue weighted by atomic mass is 79.9. The summed E-state index contributed by atoms with van der Waals surface area (Å²) in [6.07, 6.45) is 1.52. The third-order valence-electron chi connectivity index (χ3n) is 4.66. The van der Waals surface area contributed by atoms with E-state index in [1.54, 1.807) is 5.01 Å². The molecular weight excluding hydrogens is 424 g/mol. The molecule has 0 aromatic heterocycles. The number of hydrogen-bond acceptors (Lipinski definition) is 5. The number of rotatable bonds is 2. The van der Waals surface area contributed by atoms with Crippen molar-refractivity contribution in [3.63, 3.8) is 0 Å². The Bertz CT molecular complexity index is 1060. The van der Waals surface area contributed by atoms with Gasteiger partial charge in [0, 0.05) is 9.69 Å². The van der Waals surface area contributed by atoms with Gasteiger partial charge in [-0.2, -0.15) is 0 Å². The van der Waals surface area contributed by atoms with Crippen molar-refractivity contribution in [2.75, 3.05) is 6.26 Å². The Kier molecular flexibility index (Phi) is 4.82. The number of carbonyl (C=O) groups excluding carboxylic acids is 1. The van der Waals surface area contributed by atoms with E-state index in [-0.39, 0.29) is 12.1 Å². The van der Waals surface area contributed by atoms with Crippen LogP contribution in [0.5, 0.6) is 0 Å². The minimum Gasteiger partial charge on any atom is -0.298 e. The molecule has 2 aromatic rings. The molecule has 1 atom stereocenters. The summed E-state index contributed by atoms with van der Waals surface area (Å²) in [5.74, 6) is 0.303. The molecule has 0 aliphatic carbocycles. The van der Waals surface area contributed by atoms with Crippen LogP contribution in [-0.4, -0.2) is 22.3 Å². The van der Waals surface area contributed by atoms with Crippen molar-refractivity contribution < 1.29 is 4.79 Å². The second-order valence-electron chi connectivity index (χ2n) is 6.74. The van der Waals surface area contributed by atoms with E-state index < -0.39 is 0 Å². The molecular formula is C20H19BrN4OS. The van der Waals surface area contributed by atoms with Crippen molar-refractivity contribution in [2.45, 2.75) is 25.9 Å². The number of carbonyl (C=O) groups is 1. The van der Waals surface area contributed by atoms with Crippen molar-refractivity contribution in [3.8, 4) is 0 Å². The maximum Gasteiger partial charge on any atom is 0.276 e. The van der Waals surface area contributed by atoms with Gasteiger partial charge in [0.05, 0.1) is 5.36 Å². The summed E-state index contributed by atoms with van der Waals surface area (Å²) >= 11 is 4.89. The van der Waals surface area contributed by atoms with Gasteiger partial charge in [0.25, 0.3) is 5.91 Å². The van der Waals surface area contributed by atoms with E-state index in [0.717, 1.165) is 20.6 Å². The Morgan fingerprint density at radius 2 is 1.93 bits per heavy atom. The zero-order valence-electron chi connectivity index (χ0n) is 15.2. The van der Waals surface area contributed by atoms with Crippen LogP contribution in [0.4, 0.5) is 0 Å². The molecule has 2 aromatic carbocycles. The van der Waals surface area contributed by atoms with Crippen LogP contribution in [0.1, 0.15) is 37.1 Å². The molecule has 138 valence electrons. The van der Waals surface area contributed by atoms with E-state index >= 15 is 0 Å². The second kappa shape index (κ2) is 7.13. The molecule has 1 amide bonds. The van der Waals surface area contributed by atoms with E-state index in [1.807, 2.05) is 24.5 Å². The van der Waals surface area contributed by atoms with Crippen LogP contribution in [0.25, 0.3) is 5.70 Å². The third-order valence-corrected chi connectivity index (χ3v) is 5.73. The monoisotopic (exact) mass is 442 g/mol. The SMILES string of the molecule is CSC1=NN2C(=c3cc(Br)ccc3=NC2c2ccc(C(C)C)cc2)C(=O)N1. The Labute approximate surface area is 170 Å². The van der Waals surface area contributed by atoms with Crippen LogP contribution >= 0.6 is 27.7 Å². The number of hydrogen-bond donors (Lipinski definition) is 1. The second-order valence-corrected chi connectivity index (χ2v) is 8.45. The Morgan fingerprint density at radius 1 is 1.19 bits per heavy atom. The van der Waals surface area contributed by atoms with Crippen LogP contribution in [-0.2, 0) is 4.79 Å². The lowest BCUT2D eigenvalue weighted by Gasteiger charge is -2.34. The summed E-state index contributed by atoms with van der Waals surface area (Å²) in [7, 11) is 0. The minimum absolute atomic E-state index is 0.160. The smallest absolute Gasteiger partial charge is 0.276 e. The number of halogens is 1. The van der Waals surface area contributed by atoms with Gasteiger partial charge in [0.2, 0.25) is 0 Å². The predicted octanol–water partition coefficient (Wildman–Crippen LogP) is 3.08. The number of nitrogens with zero attached hydrogens (tertiary/aromatic N) is 3. The Balaban J connectivity index is 1.92. The van der Waals surface area contributed by atoms with Gasteiger partial charge >= 0.3 is 0 Å². The number of hydrazone groups is 1. The molecule has 0 saturated carbocycles. The molecule has 1 unspecified atom stereocenters. The highest BCUT2D eigenvalue weighted by Crippen LogP contribution is 2.31. The molecule has 0 fully saturated rings. The first-order valence-corrected chi connectivity index (χ1v) is 10.7. The molecule has 0 saturated heterocycles. The normalized spacial score (nSPS) is 18.5. The number of thioether (sulfide) groups is 1. The predicted molar refractivity (Wildman–Crippen MR) is 113 cm³/mol. The molecule has 0 bridgehead atoms. The van der Waals surface area contributed by atoms with Gasteiger partial charge in [-0.05, 0) is 41.5 Å². The van der Waals surface area contributed by atoms with Crippen LogP contribution in [0.15, 0.2) is 57.0 Å². The zero-order valence-corrected chi connectivity index (χ0v) is 17.6. The average Bonchev–Trinajstić information content (AvgIpc) is 2.67. The molecule has 5 nitrogen and oxygen atoms in total. The lowest BCUT2D eigenvalue weighted by atomic mass is 10.0. The first kappa shape index (κ1) is 18.3. The van der Waals surface area contributed by atoms with Gasteiger partial charge in [-0.1, -0.05) is 65.8 Å². The summed E-state index contributed by atoms with van der Waals surface area (Å²) in [5.41, 5.74) is 2.80. The van der Waals surface area contributed by atoms with Gasteiger partial charge in [-0.3, -0.25) is 15.1 Å². The van der Waals surface area contributed by atoms with Crippen LogP contribution < -0.4 is 15.9 Å². The van der Waals surface area contributed by atoms with E-state index in [1.165, 1.54) is 17.3 Å². The fourth-order valence-electron chi connectivity index (χ4n) is 3.21. The molecule has 7 heteroatoms. The van der Waals surface area contributed by atoms with E-state index in [9.17, 15) is 4.79 Å². The standard InChI is InChI=1S/C20H19BrN4OS/c1-11(2)12-4-6-13(7-5-12)18-22-16-9-8-14(21)10-15(16)17-19(26)23-20(27-3)24-25(17)18/h4-11,18H,1-3H3,(H,23,24,26). The molecule has 0 radical (unpaired) electrons. The van der Waals surface area contributed by atoms with Crippen LogP contribution in [0.2, 0.25) is 0 Å². The molecule has 2 aliphatic heterocycles. The highest BCUT2D eigenvalue weighted by Gasteiger charge is 2.34. The third kappa shape index (κ3) is 3.30. The fraction of sp³-hybridized carbons (Fsp3) is 0.250. The molecule has 27 heavy (non-hydrogen) atoms. The van der Waals surface area contributed by atoms with Crippen molar-refractivity contribution in [1.29, 1.82) is 0 Å². The first-order chi connectivity index (χ1) is 13.0. The highest BCUT2D eigenvalue weighted by molar-refractivity contribution is 9.10. The maximum atomic E-state index is 12.9. The lowest BCUT2D eigenvalue weighted by Crippen LogP contribution is -2.50. The zero-order chi connectivity index (χ0) is 19.1. The number of fused-ring (bicyclic) bond motifs is 2. The fourth-order valence-corrected chi connectivity index (χ4v) is 3.94. The molecule has 2 aliphatic rings. The van der Waals surface area contributed by atoms with Gasteiger partial charge in [0.1, 0.15) is 5.70 Å². The maximum absolute atomic E-state index is 12.9. The molecule has 2 heterocycles. The average molecular weight is 443 g/mol. The quantitative estimate of drug-likeness (QED) is 0.777. The topological polar surface area (TPSA) is 57.1 Å². The van der Waals surface area contributed by atoms with Gasteiger partial charge < -0.3 is 0 Å². The number of amidine groups is 1. The van der Waals surface area contributed by atoms with Gasteiger partial charge in [0.15, 0.2) is 11.3 Å². The van der Waals surface area contributed by atoms with Crippen LogP contribution in [0, 0.1) is 0 Å². The minimum atomic E-state index is -0.372. The summed E-state index contributed by atoms with van der Waals surface area (Å²) in [5, 5.41) is 11.4. The number of benzene rings is 2. The van der Waals surface area contributed by atoms with Gasteiger partial charge in [-0.15, -0.1) is 5.10 Å². The van der Waals surface area contributed by atoms with Crippen molar-refractivity contribution in [2.24, 2.45) is 10.1 Å². The summed E-state index contributed by atoms with van der Waals surface area (Å²) in [4.78, 5) is 17.8. The summed E-state index contributed by atoms with van der Waals surface area (Å²) < 4.78 is 0.899. The Hall–Kier alpha value is -2.12. The van der Waals surface area contributed by atoms with E-state index in [0.29, 0.717) is 16.8 Å². The summed E-state index contributed by atoms with van der Waals surface area (Å²) in [6.45, 7) is 4.34. The van der Waals surface area contributed by atoms with Crippen molar-refractivity contribution in [1.82, 2.24) is 10.3 Å². The molecule has 1 N–H and O–H groups in total. The van der Waals surface area contributed by atoms with E-state index in [4.69, 9.17) is 4.99 Å². The Morgan fingerprint density at radius 3 is 2.59 bits per heavy atom. The molecule has 0 spiro atoms. The van der Waals surface area contributed by atoms with Crippen molar-refractivity contribution >= 4 is 44.5 Å². The number of nitrogens with one attached hydrogen (secondary N) is 1. The lowest BCUT2D eigenvalue weighted by molar-refractivity contribution is -0.116.